The van der Waals surface area contributed by atoms with Crippen LogP contribution in [0.4, 0.5) is 0 Å². The zero-order chi connectivity index (χ0) is 17.1. The fraction of sp³-hybridized carbons (Fsp3) is 0.722. The van der Waals surface area contributed by atoms with Crippen LogP contribution in [0.1, 0.15) is 69.0 Å². The van der Waals surface area contributed by atoms with E-state index in [1.165, 1.54) is 12.8 Å². The van der Waals surface area contributed by atoms with Gasteiger partial charge in [-0.1, -0.05) is 26.7 Å². The van der Waals surface area contributed by atoms with Gasteiger partial charge >= 0.3 is 0 Å². The van der Waals surface area contributed by atoms with Crippen LogP contribution in [0.2, 0.25) is 0 Å². The van der Waals surface area contributed by atoms with Gasteiger partial charge in [-0.05, 0) is 19.3 Å². The molecule has 2 heterocycles. The molecule has 24 heavy (non-hydrogen) atoms. The van der Waals surface area contributed by atoms with Gasteiger partial charge in [0.2, 0.25) is 11.8 Å². The number of piperidine rings is 1. The lowest BCUT2D eigenvalue weighted by molar-refractivity contribution is -0.140. The number of hydrogen-bond donors (Lipinski definition) is 1. The molecule has 6 heteroatoms. The van der Waals surface area contributed by atoms with Gasteiger partial charge in [0.05, 0.1) is 23.2 Å². The minimum Gasteiger partial charge on any atom is -0.350 e. The molecule has 1 aliphatic heterocycles. The third-order valence-electron chi connectivity index (χ3n) is 5.09. The van der Waals surface area contributed by atoms with Gasteiger partial charge in [-0.3, -0.25) is 9.59 Å². The predicted molar refractivity (Wildman–Crippen MR) is 94.7 cm³/mol. The Labute approximate surface area is 147 Å². The molecule has 0 aromatic carbocycles. The molecular formula is C18H27N3O2S. The Balaban J connectivity index is 1.53. The SMILES string of the molecule is CC(C)c1nc(CNC(=O)[C@H]2CCC(=O)N(C3CCCC3)C2)cs1. The molecule has 1 aromatic rings. The molecule has 0 unspecified atom stereocenters. The lowest BCUT2D eigenvalue weighted by atomic mass is 9.95. The second kappa shape index (κ2) is 7.64. The van der Waals surface area contributed by atoms with Gasteiger partial charge in [0.25, 0.3) is 0 Å². The molecular weight excluding hydrogens is 322 g/mol. The summed E-state index contributed by atoms with van der Waals surface area (Å²) in [5.74, 6) is 0.631. The van der Waals surface area contributed by atoms with Crippen LogP contribution in [0, 0.1) is 5.92 Å². The lowest BCUT2D eigenvalue weighted by Crippen LogP contribution is -2.49. The van der Waals surface area contributed by atoms with Crippen molar-refractivity contribution in [2.24, 2.45) is 5.92 Å². The molecule has 1 aromatic heterocycles. The molecule has 0 radical (unpaired) electrons. The largest absolute Gasteiger partial charge is 0.350 e. The molecule has 1 saturated carbocycles. The maximum atomic E-state index is 12.5. The molecule has 2 aliphatic rings. The van der Waals surface area contributed by atoms with Crippen LogP contribution in [-0.2, 0) is 16.1 Å². The van der Waals surface area contributed by atoms with E-state index in [1.54, 1.807) is 11.3 Å². The van der Waals surface area contributed by atoms with E-state index in [-0.39, 0.29) is 17.7 Å². The van der Waals surface area contributed by atoms with Gasteiger partial charge in [0.1, 0.15) is 0 Å². The van der Waals surface area contributed by atoms with Crippen LogP contribution in [0.15, 0.2) is 5.38 Å². The highest BCUT2D eigenvalue weighted by Crippen LogP contribution is 2.28. The first-order chi connectivity index (χ1) is 11.5. The van der Waals surface area contributed by atoms with E-state index in [1.807, 2.05) is 10.3 Å². The molecule has 3 rings (SSSR count). The van der Waals surface area contributed by atoms with Crippen molar-refractivity contribution in [1.82, 2.24) is 15.2 Å². The average Bonchev–Trinajstić information content (AvgIpc) is 3.24. The number of aromatic nitrogens is 1. The molecule has 1 aliphatic carbocycles. The van der Waals surface area contributed by atoms with Gasteiger partial charge in [-0.2, -0.15) is 0 Å². The van der Waals surface area contributed by atoms with Crippen LogP contribution in [0.5, 0.6) is 0 Å². The third-order valence-corrected chi connectivity index (χ3v) is 6.28. The first-order valence-electron chi connectivity index (χ1n) is 9.06. The molecule has 1 atom stereocenters. The number of nitrogens with one attached hydrogen (secondary N) is 1. The van der Waals surface area contributed by atoms with Crippen molar-refractivity contribution in [1.29, 1.82) is 0 Å². The number of thiazole rings is 1. The van der Waals surface area contributed by atoms with E-state index in [2.05, 4.69) is 24.1 Å². The zero-order valence-corrected chi connectivity index (χ0v) is 15.4. The first-order valence-corrected chi connectivity index (χ1v) is 9.94. The summed E-state index contributed by atoms with van der Waals surface area (Å²) in [5, 5.41) is 6.14. The monoisotopic (exact) mass is 349 g/mol. The first kappa shape index (κ1) is 17.4. The highest BCUT2D eigenvalue weighted by molar-refractivity contribution is 7.09. The van der Waals surface area contributed by atoms with Gasteiger partial charge in [0, 0.05) is 30.3 Å². The molecule has 0 spiro atoms. The van der Waals surface area contributed by atoms with E-state index < -0.39 is 0 Å². The standard InChI is InChI=1S/C18H27N3O2S/c1-12(2)18-20-14(11-24-18)9-19-17(23)13-7-8-16(22)21(10-13)15-5-3-4-6-15/h11-13,15H,3-10H2,1-2H3,(H,19,23)/t13-/m0/s1. The van der Waals surface area contributed by atoms with Crippen molar-refractivity contribution in [2.75, 3.05) is 6.54 Å². The molecule has 1 saturated heterocycles. The Hall–Kier alpha value is -1.43. The summed E-state index contributed by atoms with van der Waals surface area (Å²) in [4.78, 5) is 31.2. The molecule has 132 valence electrons. The fourth-order valence-electron chi connectivity index (χ4n) is 3.65. The quantitative estimate of drug-likeness (QED) is 0.889. The highest BCUT2D eigenvalue weighted by atomic mass is 32.1. The van der Waals surface area contributed by atoms with Crippen molar-refractivity contribution in [3.05, 3.63) is 16.1 Å². The maximum absolute atomic E-state index is 12.5. The number of rotatable bonds is 5. The molecule has 5 nitrogen and oxygen atoms in total. The summed E-state index contributed by atoms with van der Waals surface area (Å²) in [6.45, 7) is 5.31. The number of carbonyl (C=O) groups excluding carboxylic acids is 2. The van der Waals surface area contributed by atoms with Crippen LogP contribution < -0.4 is 5.32 Å². The zero-order valence-electron chi connectivity index (χ0n) is 14.6. The van der Waals surface area contributed by atoms with Crippen LogP contribution in [-0.4, -0.2) is 34.3 Å². The van der Waals surface area contributed by atoms with Crippen LogP contribution in [0.25, 0.3) is 0 Å². The van der Waals surface area contributed by atoms with Gasteiger partial charge in [0.15, 0.2) is 0 Å². The van der Waals surface area contributed by atoms with E-state index in [0.717, 1.165) is 23.5 Å². The highest BCUT2D eigenvalue weighted by Gasteiger charge is 2.35. The lowest BCUT2D eigenvalue weighted by Gasteiger charge is -2.36. The van der Waals surface area contributed by atoms with Crippen molar-refractivity contribution in [3.63, 3.8) is 0 Å². The number of nitrogens with zero attached hydrogens (tertiary/aromatic N) is 2. The van der Waals surface area contributed by atoms with Gasteiger partial charge < -0.3 is 10.2 Å². The Morgan fingerprint density at radius 2 is 2.12 bits per heavy atom. The fourth-order valence-corrected chi connectivity index (χ4v) is 4.48. The van der Waals surface area contributed by atoms with Crippen molar-refractivity contribution < 1.29 is 9.59 Å². The summed E-state index contributed by atoms with van der Waals surface area (Å²) >= 11 is 1.65. The molecule has 2 fully saturated rings. The summed E-state index contributed by atoms with van der Waals surface area (Å²) in [5.41, 5.74) is 0.927. The van der Waals surface area contributed by atoms with Crippen molar-refractivity contribution >= 4 is 23.2 Å². The van der Waals surface area contributed by atoms with Crippen molar-refractivity contribution in [2.45, 2.75) is 70.9 Å². The Morgan fingerprint density at radius 3 is 2.79 bits per heavy atom. The van der Waals surface area contributed by atoms with E-state index in [9.17, 15) is 9.59 Å². The number of carbonyl (C=O) groups is 2. The van der Waals surface area contributed by atoms with E-state index in [4.69, 9.17) is 0 Å². The minimum atomic E-state index is -0.0773. The topological polar surface area (TPSA) is 62.3 Å². The third kappa shape index (κ3) is 3.97. The number of likely N-dealkylation sites (tertiary alicyclic amines) is 1. The smallest absolute Gasteiger partial charge is 0.225 e. The molecule has 2 amide bonds. The summed E-state index contributed by atoms with van der Waals surface area (Å²) in [6.07, 6.45) is 5.76. The Kier molecular flexibility index (Phi) is 5.54. The number of amides is 2. The predicted octanol–water partition coefficient (Wildman–Crippen LogP) is 3.06. The Morgan fingerprint density at radius 1 is 1.38 bits per heavy atom. The van der Waals surface area contributed by atoms with Gasteiger partial charge in [-0.15, -0.1) is 11.3 Å². The average molecular weight is 350 g/mol. The Bertz CT molecular complexity index is 593. The van der Waals surface area contributed by atoms with Gasteiger partial charge in [-0.25, -0.2) is 4.98 Å². The van der Waals surface area contributed by atoms with Crippen LogP contribution in [0.3, 0.4) is 0 Å². The van der Waals surface area contributed by atoms with Crippen molar-refractivity contribution in [3.8, 4) is 0 Å². The summed E-state index contributed by atoms with van der Waals surface area (Å²) < 4.78 is 0. The molecule has 1 N–H and O–H groups in total. The second-order valence-electron chi connectivity index (χ2n) is 7.27. The number of hydrogen-bond acceptors (Lipinski definition) is 4. The van der Waals surface area contributed by atoms with E-state index >= 15 is 0 Å². The summed E-state index contributed by atoms with van der Waals surface area (Å²) in [7, 11) is 0. The summed E-state index contributed by atoms with van der Waals surface area (Å²) in [6, 6.07) is 0.361. The van der Waals surface area contributed by atoms with E-state index in [0.29, 0.717) is 37.9 Å². The minimum absolute atomic E-state index is 0.0598. The van der Waals surface area contributed by atoms with Crippen LogP contribution >= 0.6 is 11.3 Å². The maximum Gasteiger partial charge on any atom is 0.225 e. The normalized spacial score (nSPS) is 22.4. The second-order valence-corrected chi connectivity index (χ2v) is 8.16. The molecule has 0 bridgehead atoms.